The van der Waals surface area contributed by atoms with E-state index in [4.69, 9.17) is 5.73 Å². The standard InChI is InChI=1S/C12H15BrF3NO/c1-10(2,18)12(15,16)11(3,17)8-6-7(13)4-5-9(8)14/h4-6,18H,17H2,1-3H3. The molecule has 0 aliphatic rings. The molecular formula is C12H15BrF3NO. The van der Waals surface area contributed by atoms with E-state index in [0.717, 1.165) is 26.8 Å². The van der Waals surface area contributed by atoms with Crippen molar-refractivity contribution in [2.24, 2.45) is 5.73 Å². The van der Waals surface area contributed by atoms with E-state index in [1.54, 1.807) is 0 Å². The van der Waals surface area contributed by atoms with Crippen LogP contribution in [0.3, 0.4) is 0 Å². The third kappa shape index (κ3) is 2.41. The zero-order chi connectivity index (χ0) is 14.4. The number of alkyl halides is 2. The summed E-state index contributed by atoms with van der Waals surface area (Å²) in [6, 6.07) is 3.62. The molecule has 2 nitrogen and oxygen atoms in total. The number of hydrogen-bond acceptors (Lipinski definition) is 2. The Labute approximate surface area is 112 Å². The maximum Gasteiger partial charge on any atom is 0.297 e. The molecule has 0 amide bonds. The molecule has 0 saturated carbocycles. The monoisotopic (exact) mass is 325 g/mol. The normalized spacial score (nSPS) is 16.5. The average molecular weight is 326 g/mol. The van der Waals surface area contributed by atoms with Gasteiger partial charge in [-0.25, -0.2) is 13.2 Å². The van der Waals surface area contributed by atoms with Crippen LogP contribution < -0.4 is 5.73 Å². The van der Waals surface area contributed by atoms with Gasteiger partial charge >= 0.3 is 0 Å². The summed E-state index contributed by atoms with van der Waals surface area (Å²) < 4.78 is 42.4. The highest BCUT2D eigenvalue weighted by atomic mass is 79.9. The van der Waals surface area contributed by atoms with Gasteiger partial charge in [0.25, 0.3) is 5.92 Å². The second kappa shape index (κ2) is 4.51. The van der Waals surface area contributed by atoms with E-state index in [2.05, 4.69) is 15.9 Å². The molecule has 0 aliphatic carbocycles. The van der Waals surface area contributed by atoms with Crippen LogP contribution in [0.1, 0.15) is 26.3 Å². The van der Waals surface area contributed by atoms with Gasteiger partial charge < -0.3 is 10.8 Å². The van der Waals surface area contributed by atoms with Crippen LogP contribution in [0.4, 0.5) is 13.2 Å². The van der Waals surface area contributed by atoms with Crippen molar-refractivity contribution in [2.75, 3.05) is 0 Å². The number of aliphatic hydroxyl groups is 1. The molecule has 0 heterocycles. The fourth-order valence-corrected chi connectivity index (χ4v) is 2.06. The number of benzene rings is 1. The lowest BCUT2D eigenvalue weighted by Crippen LogP contribution is -2.61. The van der Waals surface area contributed by atoms with Crippen molar-refractivity contribution in [3.05, 3.63) is 34.1 Å². The predicted molar refractivity (Wildman–Crippen MR) is 66.9 cm³/mol. The summed E-state index contributed by atoms with van der Waals surface area (Å²) in [4.78, 5) is 0. The van der Waals surface area contributed by atoms with Crippen molar-refractivity contribution in [3.8, 4) is 0 Å². The van der Waals surface area contributed by atoms with Gasteiger partial charge in [-0.3, -0.25) is 0 Å². The van der Waals surface area contributed by atoms with Crippen LogP contribution in [-0.2, 0) is 5.54 Å². The maximum absolute atomic E-state index is 14.1. The number of hydrogen-bond donors (Lipinski definition) is 2. The van der Waals surface area contributed by atoms with E-state index in [1.165, 1.54) is 12.1 Å². The molecule has 1 aromatic rings. The van der Waals surface area contributed by atoms with Gasteiger partial charge in [-0.05, 0) is 39.0 Å². The van der Waals surface area contributed by atoms with Crippen LogP contribution in [0.25, 0.3) is 0 Å². The Hall–Kier alpha value is -0.590. The highest BCUT2D eigenvalue weighted by Crippen LogP contribution is 2.43. The Balaban J connectivity index is 3.42. The van der Waals surface area contributed by atoms with E-state index in [0.29, 0.717) is 4.47 Å². The summed E-state index contributed by atoms with van der Waals surface area (Å²) in [6.07, 6.45) is 0. The molecule has 0 bridgehead atoms. The van der Waals surface area contributed by atoms with E-state index in [-0.39, 0.29) is 5.56 Å². The summed E-state index contributed by atoms with van der Waals surface area (Å²) in [5, 5.41) is 9.54. The van der Waals surface area contributed by atoms with Gasteiger partial charge in [-0.1, -0.05) is 15.9 Å². The Morgan fingerprint density at radius 2 is 1.72 bits per heavy atom. The van der Waals surface area contributed by atoms with Crippen LogP contribution >= 0.6 is 15.9 Å². The molecule has 0 saturated heterocycles. The van der Waals surface area contributed by atoms with Crippen molar-refractivity contribution in [2.45, 2.75) is 37.8 Å². The van der Waals surface area contributed by atoms with E-state index in [9.17, 15) is 18.3 Å². The van der Waals surface area contributed by atoms with Crippen LogP contribution in [-0.4, -0.2) is 16.6 Å². The molecule has 6 heteroatoms. The van der Waals surface area contributed by atoms with Gasteiger partial charge in [0, 0.05) is 10.0 Å². The molecule has 1 aromatic carbocycles. The molecule has 1 rings (SSSR count). The first-order chi connectivity index (χ1) is 7.91. The maximum atomic E-state index is 14.1. The third-order valence-corrected chi connectivity index (χ3v) is 3.40. The van der Waals surface area contributed by atoms with Crippen molar-refractivity contribution < 1.29 is 18.3 Å². The fraction of sp³-hybridized carbons (Fsp3) is 0.500. The number of rotatable bonds is 3. The minimum absolute atomic E-state index is 0.357. The molecule has 1 atom stereocenters. The van der Waals surface area contributed by atoms with Gasteiger partial charge in [-0.15, -0.1) is 0 Å². The largest absolute Gasteiger partial charge is 0.384 e. The Kier molecular flexibility index (Phi) is 3.87. The van der Waals surface area contributed by atoms with Gasteiger partial charge in [0.05, 0.1) is 0 Å². The van der Waals surface area contributed by atoms with Crippen LogP contribution in [0, 0.1) is 5.82 Å². The van der Waals surface area contributed by atoms with Crippen molar-refractivity contribution in [1.29, 1.82) is 0 Å². The molecule has 0 spiro atoms. The Bertz CT molecular complexity index is 455. The smallest absolute Gasteiger partial charge is 0.297 e. The molecule has 102 valence electrons. The summed E-state index contributed by atoms with van der Waals surface area (Å²) in [5.74, 6) is -4.55. The molecule has 1 unspecified atom stereocenters. The highest BCUT2D eigenvalue weighted by molar-refractivity contribution is 9.10. The molecule has 0 aromatic heterocycles. The third-order valence-electron chi connectivity index (χ3n) is 2.91. The SMILES string of the molecule is CC(C)(O)C(F)(F)C(C)(N)c1cc(Br)ccc1F. The van der Waals surface area contributed by atoms with Crippen LogP contribution in [0.5, 0.6) is 0 Å². The minimum Gasteiger partial charge on any atom is -0.384 e. The lowest BCUT2D eigenvalue weighted by atomic mass is 9.78. The van der Waals surface area contributed by atoms with Crippen molar-refractivity contribution >= 4 is 15.9 Å². The molecule has 0 radical (unpaired) electrons. The average Bonchev–Trinajstić information content (AvgIpc) is 2.19. The summed E-state index contributed by atoms with van der Waals surface area (Å²) >= 11 is 3.08. The van der Waals surface area contributed by atoms with Gasteiger partial charge in [0.2, 0.25) is 0 Å². The molecular weight excluding hydrogens is 311 g/mol. The predicted octanol–water partition coefficient (Wildman–Crippen LogP) is 3.17. The Morgan fingerprint density at radius 3 is 2.17 bits per heavy atom. The first-order valence-electron chi connectivity index (χ1n) is 5.26. The molecule has 18 heavy (non-hydrogen) atoms. The topological polar surface area (TPSA) is 46.2 Å². The van der Waals surface area contributed by atoms with E-state index < -0.39 is 22.9 Å². The van der Waals surface area contributed by atoms with Gasteiger partial charge in [0.1, 0.15) is 17.0 Å². The van der Waals surface area contributed by atoms with Crippen LogP contribution in [0.15, 0.2) is 22.7 Å². The fourth-order valence-electron chi connectivity index (χ4n) is 1.70. The second-order valence-corrected chi connectivity index (χ2v) is 5.88. The number of halogens is 4. The molecule has 3 N–H and O–H groups in total. The van der Waals surface area contributed by atoms with E-state index >= 15 is 0 Å². The van der Waals surface area contributed by atoms with Gasteiger partial charge in [-0.2, -0.15) is 0 Å². The summed E-state index contributed by atoms with van der Waals surface area (Å²) in [6.45, 7) is 2.87. The molecule has 0 fully saturated rings. The number of nitrogens with two attached hydrogens (primary N) is 1. The zero-order valence-electron chi connectivity index (χ0n) is 10.3. The Morgan fingerprint density at radius 1 is 1.22 bits per heavy atom. The molecule has 0 aliphatic heterocycles. The zero-order valence-corrected chi connectivity index (χ0v) is 11.9. The quantitative estimate of drug-likeness (QED) is 0.896. The first kappa shape index (κ1) is 15.5. The second-order valence-electron chi connectivity index (χ2n) is 4.96. The van der Waals surface area contributed by atoms with Crippen LogP contribution in [0.2, 0.25) is 0 Å². The summed E-state index contributed by atoms with van der Waals surface area (Å²) in [7, 11) is 0. The first-order valence-corrected chi connectivity index (χ1v) is 6.05. The minimum atomic E-state index is -3.71. The lowest BCUT2D eigenvalue weighted by Gasteiger charge is -2.41. The van der Waals surface area contributed by atoms with E-state index in [1.807, 2.05) is 0 Å². The van der Waals surface area contributed by atoms with Crippen molar-refractivity contribution in [1.82, 2.24) is 0 Å². The lowest BCUT2D eigenvalue weighted by molar-refractivity contribution is -0.202. The van der Waals surface area contributed by atoms with Crippen molar-refractivity contribution in [3.63, 3.8) is 0 Å². The highest BCUT2D eigenvalue weighted by Gasteiger charge is 2.59. The van der Waals surface area contributed by atoms with Gasteiger partial charge in [0.15, 0.2) is 0 Å². The summed E-state index contributed by atoms with van der Waals surface area (Å²) in [5.41, 5.74) is 0.539.